The van der Waals surface area contributed by atoms with Crippen molar-refractivity contribution in [2.24, 2.45) is 7.05 Å². The van der Waals surface area contributed by atoms with E-state index in [4.69, 9.17) is 0 Å². The van der Waals surface area contributed by atoms with Crippen LogP contribution < -0.4 is 5.32 Å². The van der Waals surface area contributed by atoms with Crippen molar-refractivity contribution in [1.29, 1.82) is 0 Å². The van der Waals surface area contributed by atoms with E-state index in [1.807, 2.05) is 35.9 Å². The van der Waals surface area contributed by atoms with Crippen LogP contribution in [0.2, 0.25) is 0 Å². The van der Waals surface area contributed by atoms with Crippen LogP contribution in [-0.2, 0) is 33.7 Å². The molecule has 2 aromatic carbocycles. The molecule has 1 aliphatic heterocycles. The highest BCUT2D eigenvalue weighted by atomic mass is 32.2. The third kappa shape index (κ3) is 4.49. The van der Waals surface area contributed by atoms with Gasteiger partial charge in [0.25, 0.3) is 0 Å². The van der Waals surface area contributed by atoms with Crippen molar-refractivity contribution in [1.82, 2.24) is 19.2 Å². The average Bonchev–Trinajstić information content (AvgIpc) is 3.60. The highest BCUT2D eigenvalue weighted by molar-refractivity contribution is 7.89. The third-order valence-corrected chi connectivity index (χ3v) is 9.23. The lowest BCUT2D eigenvalue weighted by Crippen LogP contribution is -2.35. The number of rotatable bonds is 8. The number of carbonyl (C=O) groups excluding carboxylic acids is 1. The fraction of sp³-hybridized carbons (Fsp3) is 0.462. The smallest absolute Gasteiger partial charge is 0.243 e. The highest BCUT2D eigenvalue weighted by Gasteiger charge is 2.44. The first-order valence-electron chi connectivity index (χ1n) is 12.2. The first kappa shape index (κ1) is 23.1. The Kier molecular flexibility index (Phi) is 6.20. The molecule has 2 heterocycles. The topological polar surface area (TPSA) is 84.3 Å². The van der Waals surface area contributed by atoms with E-state index in [-0.39, 0.29) is 11.3 Å². The molecule has 7 nitrogen and oxygen atoms in total. The molecule has 0 spiro atoms. The zero-order chi connectivity index (χ0) is 23.8. The molecule has 2 aliphatic rings. The molecule has 0 unspecified atom stereocenters. The number of aryl methyl sites for hydroxylation is 2. The van der Waals surface area contributed by atoms with Crippen molar-refractivity contribution in [3.05, 3.63) is 59.9 Å². The first-order valence-corrected chi connectivity index (χ1v) is 13.6. The van der Waals surface area contributed by atoms with Gasteiger partial charge in [0.1, 0.15) is 5.82 Å². The minimum atomic E-state index is -3.50. The monoisotopic (exact) mass is 480 g/mol. The number of piperidine rings is 1. The molecule has 8 heteroatoms. The molecule has 1 saturated heterocycles. The van der Waals surface area contributed by atoms with Gasteiger partial charge in [0.05, 0.1) is 15.9 Å². The van der Waals surface area contributed by atoms with Crippen molar-refractivity contribution in [2.75, 3.05) is 19.6 Å². The van der Waals surface area contributed by atoms with Crippen LogP contribution in [0.1, 0.15) is 49.9 Å². The Labute approximate surface area is 201 Å². The SMILES string of the molecule is Cn1c(CCC(=O)NCC2(c3ccccc3)CC2)nc2cc(S(=O)(=O)N3CCCCC3)ccc21. The number of hydrogen-bond donors (Lipinski definition) is 1. The zero-order valence-corrected chi connectivity index (χ0v) is 20.5. The van der Waals surface area contributed by atoms with Crippen LogP contribution >= 0.6 is 0 Å². The number of amides is 1. The van der Waals surface area contributed by atoms with Crippen molar-refractivity contribution < 1.29 is 13.2 Å². The van der Waals surface area contributed by atoms with Crippen molar-refractivity contribution in [3.63, 3.8) is 0 Å². The van der Waals surface area contributed by atoms with Crippen molar-refractivity contribution >= 4 is 27.0 Å². The van der Waals surface area contributed by atoms with Gasteiger partial charge in [0, 0.05) is 44.9 Å². The normalized spacial score (nSPS) is 18.1. The Morgan fingerprint density at radius 2 is 1.79 bits per heavy atom. The van der Waals surface area contributed by atoms with Gasteiger partial charge in [-0.1, -0.05) is 36.8 Å². The van der Waals surface area contributed by atoms with Crippen LogP contribution in [0.25, 0.3) is 11.0 Å². The molecule has 1 N–H and O–H groups in total. The van der Waals surface area contributed by atoms with Crippen LogP contribution in [-0.4, -0.2) is 47.8 Å². The summed E-state index contributed by atoms with van der Waals surface area (Å²) in [7, 11) is -1.59. The summed E-state index contributed by atoms with van der Waals surface area (Å²) < 4.78 is 29.6. The van der Waals surface area contributed by atoms with Gasteiger partial charge in [0.15, 0.2) is 0 Å². The fourth-order valence-corrected chi connectivity index (χ4v) is 6.50. The Morgan fingerprint density at radius 1 is 1.06 bits per heavy atom. The van der Waals surface area contributed by atoms with Crippen LogP contribution in [0.5, 0.6) is 0 Å². The standard InChI is InChI=1S/C26H32N4O3S/c1-29-23-11-10-21(34(32,33)30-16-6-3-7-17-30)18-22(23)28-24(29)12-13-25(31)27-19-26(14-15-26)20-8-4-2-5-9-20/h2,4-5,8-11,18H,3,6-7,12-17,19H2,1H3,(H,27,31). The van der Waals surface area contributed by atoms with Crippen LogP contribution in [0.4, 0.5) is 0 Å². The lowest BCUT2D eigenvalue weighted by molar-refractivity contribution is -0.121. The van der Waals surface area contributed by atoms with E-state index >= 15 is 0 Å². The molecule has 1 aromatic heterocycles. The molecule has 0 radical (unpaired) electrons. The number of imidazole rings is 1. The van der Waals surface area contributed by atoms with Gasteiger partial charge in [-0.2, -0.15) is 4.31 Å². The summed E-state index contributed by atoms with van der Waals surface area (Å²) in [5.41, 5.74) is 2.90. The Bertz CT molecular complexity index is 1290. The predicted octanol–water partition coefficient (Wildman–Crippen LogP) is 3.53. The average molecular weight is 481 g/mol. The minimum absolute atomic E-state index is 0.0163. The quantitative estimate of drug-likeness (QED) is 0.535. The van der Waals surface area contributed by atoms with E-state index in [1.165, 1.54) is 5.56 Å². The maximum atomic E-state index is 13.0. The number of nitrogens with zero attached hydrogens (tertiary/aromatic N) is 3. The molecule has 180 valence electrons. The van der Waals surface area contributed by atoms with Gasteiger partial charge >= 0.3 is 0 Å². The molecule has 5 rings (SSSR count). The Hall–Kier alpha value is -2.71. The van der Waals surface area contributed by atoms with Gasteiger partial charge in [-0.25, -0.2) is 13.4 Å². The zero-order valence-electron chi connectivity index (χ0n) is 19.7. The third-order valence-electron chi connectivity index (χ3n) is 7.34. The highest BCUT2D eigenvalue weighted by Crippen LogP contribution is 2.47. The van der Waals surface area contributed by atoms with Crippen LogP contribution in [0.3, 0.4) is 0 Å². The number of fused-ring (bicyclic) bond motifs is 1. The maximum absolute atomic E-state index is 13.0. The maximum Gasteiger partial charge on any atom is 0.243 e. The number of aromatic nitrogens is 2. The summed E-state index contributed by atoms with van der Waals surface area (Å²) in [6, 6.07) is 15.5. The molecule has 2 fully saturated rings. The molecular formula is C26H32N4O3S. The van der Waals surface area contributed by atoms with Crippen LogP contribution in [0.15, 0.2) is 53.4 Å². The molecular weight excluding hydrogens is 448 g/mol. The summed E-state index contributed by atoms with van der Waals surface area (Å²) in [6.45, 7) is 1.82. The van der Waals surface area contributed by atoms with Gasteiger partial charge < -0.3 is 9.88 Å². The lowest BCUT2D eigenvalue weighted by atomic mass is 9.96. The second kappa shape index (κ2) is 9.15. The molecule has 0 atom stereocenters. The Balaban J connectivity index is 1.23. The van der Waals surface area contributed by atoms with E-state index in [0.29, 0.717) is 42.9 Å². The van der Waals surface area contributed by atoms with Gasteiger partial charge in [-0.05, 0) is 49.4 Å². The minimum Gasteiger partial charge on any atom is -0.355 e. The van der Waals surface area contributed by atoms with Crippen molar-refractivity contribution in [2.45, 2.75) is 55.3 Å². The molecule has 34 heavy (non-hydrogen) atoms. The van der Waals surface area contributed by atoms with Gasteiger partial charge in [0.2, 0.25) is 15.9 Å². The molecule has 1 amide bonds. The van der Waals surface area contributed by atoms with Gasteiger partial charge in [-0.3, -0.25) is 4.79 Å². The molecule has 3 aromatic rings. The van der Waals surface area contributed by atoms with Crippen molar-refractivity contribution in [3.8, 4) is 0 Å². The predicted molar refractivity (Wildman–Crippen MR) is 132 cm³/mol. The molecule has 1 aliphatic carbocycles. The van der Waals surface area contributed by atoms with E-state index < -0.39 is 10.0 Å². The second-order valence-electron chi connectivity index (χ2n) is 9.63. The number of sulfonamides is 1. The second-order valence-corrected chi connectivity index (χ2v) is 11.6. The van der Waals surface area contributed by atoms with Crippen LogP contribution in [0, 0.1) is 0 Å². The summed E-state index contributed by atoms with van der Waals surface area (Å²) in [4.78, 5) is 17.5. The van der Waals surface area contributed by atoms with Gasteiger partial charge in [-0.15, -0.1) is 0 Å². The summed E-state index contributed by atoms with van der Waals surface area (Å²) in [5.74, 6) is 0.796. The first-order chi connectivity index (χ1) is 16.4. The van der Waals surface area contributed by atoms with E-state index in [1.54, 1.807) is 16.4 Å². The largest absolute Gasteiger partial charge is 0.355 e. The van der Waals surface area contributed by atoms with E-state index in [0.717, 1.165) is 43.4 Å². The fourth-order valence-electron chi connectivity index (χ4n) is 4.96. The summed E-state index contributed by atoms with van der Waals surface area (Å²) >= 11 is 0. The number of nitrogens with one attached hydrogen (secondary N) is 1. The number of carbonyl (C=O) groups is 1. The van der Waals surface area contributed by atoms with E-state index in [9.17, 15) is 13.2 Å². The summed E-state index contributed by atoms with van der Waals surface area (Å²) in [5, 5.41) is 3.11. The van der Waals surface area contributed by atoms with E-state index in [2.05, 4.69) is 22.4 Å². The molecule has 0 bridgehead atoms. The summed E-state index contributed by atoms with van der Waals surface area (Å²) in [6.07, 6.45) is 5.95. The lowest BCUT2D eigenvalue weighted by Gasteiger charge is -2.25. The number of hydrogen-bond acceptors (Lipinski definition) is 4. The molecule has 1 saturated carbocycles. The Morgan fingerprint density at radius 3 is 2.50 bits per heavy atom. The number of benzene rings is 2.